The topological polar surface area (TPSA) is 90.7 Å². The Bertz CT molecular complexity index is 602. The van der Waals surface area contributed by atoms with Crippen LogP contribution in [0.15, 0.2) is 12.1 Å². The van der Waals surface area contributed by atoms with E-state index in [9.17, 15) is 14.9 Å². The van der Waals surface area contributed by atoms with Crippen molar-refractivity contribution in [3.8, 4) is 0 Å². The second-order valence-electron chi connectivity index (χ2n) is 5.48. The van der Waals surface area contributed by atoms with Crippen LogP contribution in [-0.2, 0) is 14.3 Å². The number of carbonyl (C=O) groups is 1. The number of anilines is 1. The Morgan fingerprint density at radius 2 is 2.35 bits per heavy atom. The van der Waals surface area contributed by atoms with Crippen LogP contribution in [0, 0.1) is 17.0 Å². The average molecular weight is 343 g/mol. The largest absolute Gasteiger partial charge is 0.376 e. The first-order valence-corrected chi connectivity index (χ1v) is 7.75. The molecule has 2 rings (SSSR count). The summed E-state index contributed by atoms with van der Waals surface area (Å²) >= 11 is 5.83. The van der Waals surface area contributed by atoms with E-state index in [0.717, 1.165) is 19.4 Å². The Labute approximate surface area is 139 Å². The van der Waals surface area contributed by atoms with Gasteiger partial charge in [-0.25, -0.2) is 0 Å². The Morgan fingerprint density at radius 1 is 1.61 bits per heavy atom. The van der Waals surface area contributed by atoms with Gasteiger partial charge >= 0.3 is 0 Å². The SMILES string of the molecule is Cc1cc(Cl)c([N+](=O)[O-])cc1NC(=O)[C@H](C)OC[C@@H]1CCCO1. The van der Waals surface area contributed by atoms with E-state index < -0.39 is 11.0 Å². The lowest BCUT2D eigenvalue weighted by Crippen LogP contribution is -2.30. The van der Waals surface area contributed by atoms with Gasteiger partial charge in [-0.15, -0.1) is 0 Å². The maximum atomic E-state index is 12.2. The highest BCUT2D eigenvalue weighted by Crippen LogP contribution is 2.30. The molecular weight excluding hydrogens is 324 g/mol. The number of nitrogens with one attached hydrogen (secondary N) is 1. The van der Waals surface area contributed by atoms with Crippen molar-refractivity contribution in [2.24, 2.45) is 0 Å². The molecule has 1 aromatic rings. The fraction of sp³-hybridized carbons (Fsp3) is 0.533. The summed E-state index contributed by atoms with van der Waals surface area (Å²) in [5.41, 5.74) is 0.736. The predicted molar refractivity (Wildman–Crippen MR) is 85.9 cm³/mol. The Morgan fingerprint density at radius 3 is 2.96 bits per heavy atom. The van der Waals surface area contributed by atoms with E-state index in [0.29, 0.717) is 17.9 Å². The number of halogens is 1. The molecule has 2 atom stereocenters. The number of nitrogens with zero attached hydrogens (tertiary/aromatic N) is 1. The summed E-state index contributed by atoms with van der Waals surface area (Å²) in [7, 11) is 0. The van der Waals surface area contributed by atoms with Crippen LogP contribution >= 0.6 is 11.6 Å². The molecule has 0 aliphatic carbocycles. The molecule has 1 amide bonds. The predicted octanol–water partition coefficient (Wildman–Crippen LogP) is 3.08. The second-order valence-corrected chi connectivity index (χ2v) is 5.88. The van der Waals surface area contributed by atoms with Crippen LogP contribution in [0.2, 0.25) is 5.02 Å². The van der Waals surface area contributed by atoms with Crippen molar-refractivity contribution >= 4 is 28.9 Å². The molecule has 1 aliphatic rings. The van der Waals surface area contributed by atoms with Gasteiger partial charge in [-0.05, 0) is 38.3 Å². The van der Waals surface area contributed by atoms with E-state index >= 15 is 0 Å². The van der Waals surface area contributed by atoms with Crippen molar-refractivity contribution < 1.29 is 19.2 Å². The molecule has 1 N–H and O–H groups in total. The van der Waals surface area contributed by atoms with E-state index in [4.69, 9.17) is 21.1 Å². The van der Waals surface area contributed by atoms with Crippen molar-refractivity contribution in [1.82, 2.24) is 0 Å². The van der Waals surface area contributed by atoms with Crippen LogP contribution in [0.1, 0.15) is 25.3 Å². The van der Waals surface area contributed by atoms with Crippen molar-refractivity contribution in [2.75, 3.05) is 18.5 Å². The summed E-state index contributed by atoms with van der Waals surface area (Å²) in [5.74, 6) is -0.372. The number of ether oxygens (including phenoxy) is 2. The molecule has 1 heterocycles. The van der Waals surface area contributed by atoms with Crippen molar-refractivity contribution in [3.05, 3.63) is 32.8 Å². The van der Waals surface area contributed by atoms with Gasteiger partial charge in [0, 0.05) is 12.7 Å². The zero-order chi connectivity index (χ0) is 17.0. The molecule has 1 saturated heterocycles. The van der Waals surface area contributed by atoms with Crippen LogP contribution in [0.25, 0.3) is 0 Å². The standard InChI is InChI=1S/C15H19ClN2O5/c1-9-6-12(16)14(18(20)21)7-13(9)17-15(19)10(2)23-8-11-4-3-5-22-11/h6-7,10-11H,3-5,8H2,1-2H3,(H,17,19)/t10-,11-/m0/s1. The number of carbonyl (C=O) groups excluding carboxylic acids is 1. The molecule has 126 valence electrons. The maximum Gasteiger partial charge on any atom is 0.289 e. The molecule has 0 bridgehead atoms. The highest BCUT2D eigenvalue weighted by atomic mass is 35.5. The molecule has 1 aliphatic heterocycles. The monoisotopic (exact) mass is 342 g/mol. The van der Waals surface area contributed by atoms with Gasteiger partial charge in [0.25, 0.3) is 11.6 Å². The van der Waals surface area contributed by atoms with Gasteiger partial charge < -0.3 is 14.8 Å². The zero-order valence-electron chi connectivity index (χ0n) is 13.0. The maximum absolute atomic E-state index is 12.2. The highest BCUT2D eigenvalue weighted by molar-refractivity contribution is 6.32. The zero-order valence-corrected chi connectivity index (χ0v) is 13.8. The summed E-state index contributed by atoms with van der Waals surface area (Å²) in [6.45, 7) is 4.42. The van der Waals surface area contributed by atoms with Gasteiger partial charge in [0.05, 0.1) is 23.3 Å². The van der Waals surface area contributed by atoms with Crippen molar-refractivity contribution in [3.63, 3.8) is 0 Å². The van der Waals surface area contributed by atoms with E-state index in [2.05, 4.69) is 5.32 Å². The lowest BCUT2D eigenvalue weighted by molar-refractivity contribution is -0.384. The summed E-state index contributed by atoms with van der Waals surface area (Å²) < 4.78 is 10.9. The molecule has 23 heavy (non-hydrogen) atoms. The first-order valence-electron chi connectivity index (χ1n) is 7.37. The lowest BCUT2D eigenvalue weighted by atomic mass is 10.1. The third kappa shape index (κ3) is 4.63. The molecule has 1 fully saturated rings. The highest BCUT2D eigenvalue weighted by Gasteiger charge is 2.22. The minimum Gasteiger partial charge on any atom is -0.376 e. The van der Waals surface area contributed by atoms with Gasteiger partial charge in [-0.3, -0.25) is 14.9 Å². The second kappa shape index (κ2) is 7.72. The lowest BCUT2D eigenvalue weighted by Gasteiger charge is -2.17. The number of benzene rings is 1. The number of nitro groups is 1. The molecular formula is C15H19ClN2O5. The van der Waals surface area contributed by atoms with Gasteiger partial charge in [0.2, 0.25) is 0 Å². The smallest absolute Gasteiger partial charge is 0.289 e. The summed E-state index contributed by atoms with van der Waals surface area (Å²) in [4.78, 5) is 22.5. The van der Waals surface area contributed by atoms with Gasteiger partial charge in [0.15, 0.2) is 0 Å². The Kier molecular flexibility index (Phi) is 5.92. The number of hydrogen-bond acceptors (Lipinski definition) is 5. The van der Waals surface area contributed by atoms with E-state index in [-0.39, 0.29) is 22.7 Å². The molecule has 0 aromatic heterocycles. The fourth-order valence-corrected chi connectivity index (χ4v) is 2.56. The quantitative estimate of drug-likeness (QED) is 0.633. The first-order chi connectivity index (χ1) is 10.9. The Balaban J connectivity index is 1.98. The third-order valence-corrected chi connectivity index (χ3v) is 3.98. The van der Waals surface area contributed by atoms with Crippen molar-refractivity contribution in [2.45, 2.75) is 38.9 Å². The van der Waals surface area contributed by atoms with Crippen LogP contribution in [0.3, 0.4) is 0 Å². The van der Waals surface area contributed by atoms with Gasteiger partial charge in [-0.1, -0.05) is 11.6 Å². The van der Waals surface area contributed by atoms with Crippen LogP contribution in [0.5, 0.6) is 0 Å². The average Bonchev–Trinajstić information content (AvgIpc) is 3.00. The van der Waals surface area contributed by atoms with Crippen molar-refractivity contribution in [1.29, 1.82) is 0 Å². The van der Waals surface area contributed by atoms with E-state index in [1.165, 1.54) is 12.1 Å². The van der Waals surface area contributed by atoms with Gasteiger partial charge in [0.1, 0.15) is 11.1 Å². The number of nitro benzene ring substituents is 1. The molecule has 0 unspecified atom stereocenters. The summed E-state index contributed by atoms with van der Waals surface area (Å²) in [5, 5.41) is 13.6. The minimum atomic E-state index is -0.687. The van der Waals surface area contributed by atoms with Gasteiger partial charge in [-0.2, -0.15) is 0 Å². The summed E-state index contributed by atoms with van der Waals surface area (Å²) in [6, 6.07) is 2.70. The van der Waals surface area contributed by atoms with Crippen LogP contribution < -0.4 is 5.32 Å². The molecule has 7 nitrogen and oxygen atoms in total. The molecule has 0 saturated carbocycles. The number of hydrogen-bond donors (Lipinski definition) is 1. The number of aryl methyl sites for hydroxylation is 1. The number of amides is 1. The molecule has 0 spiro atoms. The number of rotatable bonds is 6. The van der Waals surface area contributed by atoms with E-state index in [1.807, 2.05) is 0 Å². The fourth-order valence-electron chi connectivity index (χ4n) is 2.27. The minimum absolute atomic E-state index is 0.0311. The van der Waals surface area contributed by atoms with Crippen LogP contribution in [0.4, 0.5) is 11.4 Å². The third-order valence-electron chi connectivity index (χ3n) is 3.67. The Hall–Kier alpha value is -1.70. The molecule has 0 radical (unpaired) electrons. The summed E-state index contributed by atoms with van der Waals surface area (Å²) in [6.07, 6.45) is 1.27. The normalized spacial score (nSPS) is 18.7. The van der Waals surface area contributed by atoms with Crippen LogP contribution in [-0.4, -0.2) is 36.3 Å². The first kappa shape index (κ1) is 17.7. The molecule has 1 aromatic carbocycles. The van der Waals surface area contributed by atoms with E-state index in [1.54, 1.807) is 13.8 Å². The molecule has 8 heteroatoms.